The van der Waals surface area contributed by atoms with Crippen molar-refractivity contribution in [3.63, 3.8) is 0 Å². The number of hydrogen-bond donors (Lipinski definition) is 3. The summed E-state index contributed by atoms with van der Waals surface area (Å²) in [5, 5.41) is 11.7. The maximum Gasteiger partial charge on any atom is 0.231 e. The molecule has 2 aromatic rings. The molecule has 3 N–H and O–H groups in total. The molecule has 1 aliphatic heterocycles. The van der Waals surface area contributed by atoms with Crippen molar-refractivity contribution in [1.82, 2.24) is 15.2 Å². The number of aromatic amines is 1. The normalized spacial score (nSPS) is 20.2. The highest BCUT2D eigenvalue weighted by Crippen LogP contribution is 2.26. The first kappa shape index (κ1) is 16.8. The molecule has 2 heterocycles. The molecule has 0 spiro atoms. The van der Waals surface area contributed by atoms with Gasteiger partial charge in [-0.1, -0.05) is 5.92 Å². The van der Waals surface area contributed by atoms with Gasteiger partial charge < -0.3 is 10.3 Å². The molecule has 1 amide bonds. The molecule has 6 nitrogen and oxygen atoms in total. The second-order valence-corrected chi connectivity index (χ2v) is 6.60. The minimum absolute atomic E-state index is 0.0194. The second kappa shape index (κ2) is 6.10. The molecule has 0 aliphatic carbocycles. The Hall–Kier alpha value is -3.07. The molecule has 25 heavy (non-hydrogen) atoms. The Morgan fingerprint density at radius 2 is 2.20 bits per heavy atom. The summed E-state index contributed by atoms with van der Waals surface area (Å²) in [5.41, 5.74) is 1.54. The summed E-state index contributed by atoms with van der Waals surface area (Å²) in [6.07, 6.45) is 2.00. The lowest BCUT2D eigenvalue weighted by Gasteiger charge is -2.38. The Kier molecular flexibility index (Phi) is 4.09. The van der Waals surface area contributed by atoms with Crippen LogP contribution in [0, 0.1) is 17.3 Å². The molecular formula is C19H20N4O2. The SMILES string of the molecule is CC#Cc1ccc2[nH]cc(C(=O)CC3(C)CC(=O)N(C)C(=N)N3)c2c1. The van der Waals surface area contributed by atoms with Crippen molar-refractivity contribution in [2.45, 2.75) is 32.2 Å². The smallest absolute Gasteiger partial charge is 0.231 e. The van der Waals surface area contributed by atoms with Gasteiger partial charge in [-0.2, -0.15) is 0 Å². The molecule has 128 valence electrons. The van der Waals surface area contributed by atoms with Crippen LogP contribution in [0.25, 0.3) is 10.9 Å². The average Bonchev–Trinajstić information content (AvgIpc) is 2.96. The van der Waals surface area contributed by atoms with E-state index in [0.717, 1.165) is 16.5 Å². The lowest BCUT2D eigenvalue weighted by molar-refractivity contribution is -0.129. The van der Waals surface area contributed by atoms with Crippen molar-refractivity contribution < 1.29 is 9.59 Å². The molecule has 1 fully saturated rings. The summed E-state index contributed by atoms with van der Waals surface area (Å²) in [7, 11) is 1.55. The van der Waals surface area contributed by atoms with Gasteiger partial charge in [0.2, 0.25) is 5.91 Å². The topological polar surface area (TPSA) is 89.1 Å². The largest absolute Gasteiger partial charge is 0.360 e. The number of carbonyl (C=O) groups excluding carboxylic acids is 2. The number of nitrogens with zero attached hydrogens (tertiary/aromatic N) is 1. The zero-order chi connectivity index (χ0) is 18.2. The number of ketones is 1. The first-order valence-electron chi connectivity index (χ1n) is 8.03. The maximum absolute atomic E-state index is 12.9. The third-order valence-corrected chi connectivity index (χ3v) is 4.47. The van der Waals surface area contributed by atoms with Crippen LogP contribution in [0.2, 0.25) is 0 Å². The number of guanidine groups is 1. The highest BCUT2D eigenvalue weighted by atomic mass is 16.2. The van der Waals surface area contributed by atoms with Gasteiger partial charge in [-0.15, -0.1) is 5.92 Å². The molecule has 1 aliphatic rings. The van der Waals surface area contributed by atoms with Gasteiger partial charge >= 0.3 is 0 Å². The first-order chi connectivity index (χ1) is 11.8. The number of rotatable bonds is 3. The number of fused-ring (bicyclic) bond motifs is 1. The van der Waals surface area contributed by atoms with Crippen LogP contribution in [0.15, 0.2) is 24.4 Å². The fraction of sp³-hybridized carbons (Fsp3) is 0.316. The molecule has 3 rings (SSSR count). The van der Waals surface area contributed by atoms with Crippen LogP contribution < -0.4 is 5.32 Å². The fourth-order valence-electron chi connectivity index (χ4n) is 3.12. The van der Waals surface area contributed by atoms with Crippen molar-refractivity contribution in [3.05, 3.63) is 35.5 Å². The van der Waals surface area contributed by atoms with Crippen LogP contribution in [0.4, 0.5) is 0 Å². The van der Waals surface area contributed by atoms with Crippen LogP contribution in [-0.4, -0.2) is 40.1 Å². The van der Waals surface area contributed by atoms with Crippen molar-refractivity contribution in [2.75, 3.05) is 7.05 Å². The lowest BCUT2D eigenvalue weighted by atomic mass is 9.87. The van der Waals surface area contributed by atoms with Crippen molar-refractivity contribution in [3.8, 4) is 11.8 Å². The van der Waals surface area contributed by atoms with Crippen molar-refractivity contribution >= 4 is 28.6 Å². The van der Waals surface area contributed by atoms with E-state index in [2.05, 4.69) is 22.1 Å². The summed E-state index contributed by atoms with van der Waals surface area (Å²) in [5.74, 6) is 5.62. The number of Topliss-reactive ketones (excluding diaryl/α,β-unsaturated/α-hetero) is 1. The standard InChI is InChI=1S/C19H20N4O2/c1-4-5-12-6-7-15-13(8-12)14(11-21-15)16(24)9-19(2)10-17(25)23(3)18(20)22-19/h6-8,11,21H,9-10H2,1-3H3,(H2,20,22). The fourth-order valence-corrected chi connectivity index (χ4v) is 3.12. The summed E-state index contributed by atoms with van der Waals surface area (Å²) in [6, 6.07) is 5.71. The van der Waals surface area contributed by atoms with Crippen molar-refractivity contribution in [2.24, 2.45) is 0 Å². The van der Waals surface area contributed by atoms with Crippen LogP contribution in [0.5, 0.6) is 0 Å². The third kappa shape index (κ3) is 3.13. The molecule has 1 atom stereocenters. The van der Waals surface area contributed by atoms with E-state index in [1.54, 1.807) is 27.1 Å². The molecule has 1 unspecified atom stereocenters. The number of carbonyl (C=O) groups is 2. The number of benzene rings is 1. The molecule has 1 aromatic heterocycles. The number of aromatic nitrogens is 1. The van der Waals surface area contributed by atoms with E-state index in [1.165, 1.54) is 4.90 Å². The number of nitrogens with one attached hydrogen (secondary N) is 3. The molecule has 1 saturated heterocycles. The molecule has 1 aromatic carbocycles. The monoisotopic (exact) mass is 336 g/mol. The van der Waals surface area contributed by atoms with Crippen LogP contribution in [-0.2, 0) is 4.79 Å². The maximum atomic E-state index is 12.9. The summed E-state index contributed by atoms with van der Waals surface area (Å²) in [4.78, 5) is 29.3. The van der Waals surface area contributed by atoms with Crippen molar-refractivity contribution in [1.29, 1.82) is 5.41 Å². The summed E-state index contributed by atoms with van der Waals surface area (Å²) >= 11 is 0. The second-order valence-electron chi connectivity index (χ2n) is 6.60. The quantitative estimate of drug-likeness (QED) is 0.593. The first-order valence-corrected chi connectivity index (χ1v) is 8.03. The van der Waals surface area contributed by atoms with E-state index in [9.17, 15) is 9.59 Å². The minimum atomic E-state index is -0.762. The predicted molar refractivity (Wildman–Crippen MR) is 96.5 cm³/mol. The van der Waals surface area contributed by atoms with E-state index in [0.29, 0.717) is 5.56 Å². The van der Waals surface area contributed by atoms with E-state index in [-0.39, 0.29) is 30.5 Å². The van der Waals surface area contributed by atoms with Gasteiger partial charge in [0, 0.05) is 41.7 Å². The number of amides is 1. The molecule has 0 saturated carbocycles. The zero-order valence-electron chi connectivity index (χ0n) is 14.5. The summed E-state index contributed by atoms with van der Waals surface area (Å²) < 4.78 is 0. The Balaban J connectivity index is 1.89. The van der Waals surface area contributed by atoms with Gasteiger partial charge in [-0.3, -0.25) is 19.9 Å². The lowest BCUT2D eigenvalue weighted by Crippen LogP contribution is -2.60. The Bertz CT molecular complexity index is 927. The predicted octanol–water partition coefficient (Wildman–Crippen LogP) is 2.26. The van der Waals surface area contributed by atoms with Gasteiger partial charge in [0.05, 0.1) is 12.0 Å². The zero-order valence-corrected chi connectivity index (χ0v) is 14.5. The van der Waals surface area contributed by atoms with E-state index < -0.39 is 5.54 Å². The molecule has 6 heteroatoms. The number of hydrogen-bond acceptors (Lipinski definition) is 3. The van der Waals surface area contributed by atoms with Crippen LogP contribution >= 0.6 is 0 Å². The molecular weight excluding hydrogens is 316 g/mol. The summed E-state index contributed by atoms with van der Waals surface area (Å²) in [6.45, 7) is 3.57. The molecule has 0 radical (unpaired) electrons. The molecule has 0 bridgehead atoms. The van der Waals surface area contributed by atoms with Gasteiger partial charge in [0.25, 0.3) is 0 Å². The van der Waals surface area contributed by atoms with Gasteiger partial charge in [-0.25, -0.2) is 0 Å². The average molecular weight is 336 g/mol. The highest BCUT2D eigenvalue weighted by Gasteiger charge is 2.38. The minimum Gasteiger partial charge on any atom is -0.360 e. The van der Waals surface area contributed by atoms with Gasteiger partial charge in [-0.05, 0) is 32.0 Å². The van der Waals surface area contributed by atoms with Crippen LogP contribution in [0.3, 0.4) is 0 Å². The highest BCUT2D eigenvalue weighted by molar-refractivity contribution is 6.09. The van der Waals surface area contributed by atoms with Gasteiger partial charge in [0.15, 0.2) is 11.7 Å². The Morgan fingerprint density at radius 3 is 2.88 bits per heavy atom. The van der Waals surface area contributed by atoms with Gasteiger partial charge in [0.1, 0.15) is 0 Å². The Labute approximate surface area is 146 Å². The van der Waals surface area contributed by atoms with E-state index in [1.807, 2.05) is 18.2 Å². The van der Waals surface area contributed by atoms with E-state index >= 15 is 0 Å². The number of H-pyrrole nitrogens is 1. The third-order valence-electron chi connectivity index (χ3n) is 4.47. The van der Waals surface area contributed by atoms with Crippen LogP contribution in [0.1, 0.15) is 42.6 Å². The van der Waals surface area contributed by atoms with E-state index in [4.69, 9.17) is 5.41 Å². The Morgan fingerprint density at radius 1 is 1.44 bits per heavy atom.